The number of fused-ring (bicyclic) bond motifs is 2. The average molecular weight is 554 g/mol. The first kappa shape index (κ1) is 25.7. The Kier molecular flexibility index (Phi) is 6.36. The number of benzene rings is 1. The van der Waals surface area contributed by atoms with Gasteiger partial charge in [-0.2, -0.15) is 9.97 Å². The number of hydrogen-bond acceptors (Lipinski definition) is 8. The third-order valence-corrected chi connectivity index (χ3v) is 10.0. The lowest BCUT2D eigenvalue weighted by Gasteiger charge is -2.40. The van der Waals surface area contributed by atoms with Crippen molar-refractivity contribution in [1.29, 1.82) is 0 Å². The molecule has 8 nitrogen and oxygen atoms in total. The summed E-state index contributed by atoms with van der Waals surface area (Å²) in [4.78, 5) is 17.2. The molecule has 1 atom stereocenters. The van der Waals surface area contributed by atoms with Crippen molar-refractivity contribution in [3.05, 3.63) is 34.0 Å². The van der Waals surface area contributed by atoms with E-state index >= 15 is 0 Å². The summed E-state index contributed by atoms with van der Waals surface area (Å²) in [6.45, 7) is 7.71. The van der Waals surface area contributed by atoms with Gasteiger partial charge in [0.25, 0.3) is 0 Å². The van der Waals surface area contributed by atoms with E-state index in [0.29, 0.717) is 36.6 Å². The minimum absolute atomic E-state index is 0.123. The summed E-state index contributed by atoms with van der Waals surface area (Å²) < 4.78 is 6.46. The molecule has 0 unspecified atom stereocenters. The average Bonchev–Trinajstić information content (AvgIpc) is 3.53. The van der Waals surface area contributed by atoms with Gasteiger partial charge >= 0.3 is 6.01 Å². The summed E-state index contributed by atoms with van der Waals surface area (Å²) in [5, 5.41) is 22.0. The number of rotatable bonds is 6. The van der Waals surface area contributed by atoms with Gasteiger partial charge in [0, 0.05) is 42.0 Å². The maximum atomic E-state index is 10.9. The lowest BCUT2D eigenvalue weighted by molar-refractivity contribution is 0.0445. The van der Waals surface area contributed by atoms with Crippen molar-refractivity contribution in [2.24, 2.45) is 0 Å². The highest BCUT2D eigenvalue weighted by molar-refractivity contribution is 6.32. The molecule has 4 fully saturated rings. The van der Waals surface area contributed by atoms with E-state index in [1.807, 2.05) is 13.0 Å². The predicted molar refractivity (Wildman–Crippen MR) is 152 cm³/mol. The van der Waals surface area contributed by atoms with E-state index in [1.165, 1.54) is 25.7 Å². The number of phenolic OH excluding ortho intramolecular Hbond substituents is 1. The summed E-state index contributed by atoms with van der Waals surface area (Å²) in [6.07, 6.45) is 9.61. The van der Waals surface area contributed by atoms with Crippen LogP contribution in [0.1, 0.15) is 81.0 Å². The fourth-order valence-corrected chi connectivity index (χ4v) is 7.97. The van der Waals surface area contributed by atoms with Crippen molar-refractivity contribution < 1.29 is 14.9 Å². The number of aromatic hydroxyl groups is 1. The van der Waals surface area contributed by atoms with Gasteiger partial charge < -0.3 is 24.7 Å². The first-order chi connectivity index (χ1) is 18.8. The third-order valence-electron chi connectivity index (χ3n) is 9.70. The fourth-order valence-electron chi connectivity index (χ4n) is 7.61. The highest BCUT2D eigenvalue weighted by Crippen LogP contribution is 2.50. The van der Waals surface area contributed by atoms with Crippen molar-refractivity contribution in [3.8, 4) is 11.8 Å². The van der Waals surface area contributed by atoms with Crippen LogP contribution in [0.25, 0.3) is 0 Å². The molecule has 1 aromatic carbocycles. The molecule has 210 valence electrons. The summed E-state index contributed by atoms with van der Waals surface area (Å²) >= 11 is 6.65. The molecule has 7 rings (SSSR count). The molecule has 0 spiro atoms. The molecule has 1 saturated carbocycles. The van der Waals surface area contributed by atoms with Gasteiger partial charge in [-0.25, -0.2) is 0 Å². The van der Waals surface area contributed by atoms with Crippen LogP contribution in [0.5, 0.6) is 11.8 Å². The number of ether oxygens (including phenoxy) is 1. The minimum atomic E-state index is -0.734. The van der Waals surface area contributed by atoms with Crippen LogP contribution in [0, 0.1) is 0 Å². The molecule has 0 radical (unpaired) electrons. The van der Waals surface area contributed by atoms with Crippen molar-refractivity contribution in [3.63, 3.8) is 0 Å². The number of aliphatic hydroxyl groups is 1. The number of halogens is 1. The molecule has 2 N–H and O–H groups in total. The number of hydrogen-bond donors (Lipinski definition) is 2. The van der Waals surface area contributed by atoms with Crippen LogP contribution in [0.3, 0.4) is 0 Å². The number of nitrogens with zero attached hydrogens (tertiary/aromatic N) is 5. The molecule has 9 heteroatoms. The Morgan fingerprint density at radius 3 is 2.54 bits per heavy atom. The van der Waals surface area contributed by atoms with Gasteiger partial charge in [0.2, 0.25) is 0 Å². The largest absolute Gasteiger partial charge is 0.508 e. The monoisotopic (exact) mass is 553 g/mol. The number of aromatic nitrogens is 2. The first-order valence-corrected chi connectivity index (χ1v) is 15.2. The minimum Gasteiger partial charge on any atom is -0.508 e. The number of phenols is 1. The predicted octanol–water partition coefficient (Wildman–Crippen LogP) is 4.63. The van der Waals surface area contributed by atoms with E-state index in [1.54, 1.807) is 6.07 Å². The molecule has 1 aromatic heterocycles. The Morgan fingerprint density at radius 1 is 1.03 bits per heavy atom. The van der Waals surface area contributed by atoms with Crippen molar-refractivity contribution in [1.82, 2.24) is 14.9 Å². The molecule has 0 amide bonds. The Hall–Kier alpha value is -2.29. The zero-order valence-corrected chi connectivity index (χ0v) is 23.7. The third kappa shape index (κ3) is 4.82. The lowest BCUT2D eigenvalue weighted by Crippen LogP contribution is -2.47. The summed E-state index contributed by atoms with van der Waals surface area (Å²) in [5.41, 5.74) is 3.68. The van der Waals surface area contributed by atoms with Gasteiger partial charge in [0.05, 0.1) is 23.4 Å². The molecule has 3 saturated heterocycles. The first-order valence-electron chi connectivity index (χ1n) is 14.8. The maximum Gasteiger partial charge on any atom is 0.318 e. The van der Waals surface area contributed by atoms with Crippen LogP contribution in [-0.2, 0) is 13.0 Å². The molecular weight excluding hydrogens is 514 g/mol. The van der Waals surface area contributed by atoms with Gasteiger partial charge in [0.1, 0.15) is 18.2 Å². The van der Waals surface area contributed by atoms with Crippen LogP contribution in [0.2, 0.25) is 5.02 Å². The standard InChI is InChI=1S/C30H40ClN5O3/c1-29(38)8-2-11-35(18-29)27-22-7-14-34(25-16-21(37)15-23(31)26(25)20-5-6-20)17-24(22)32-28(33-27)39-19-30-9-3-12-36(30)13-4-10-30/h15-16,20,37-38H,2-14,17-19H2,1H3/t29-/m1/s1. The van der Waals surface area contributed by atoms with Crippen molar-refractivity contribution in [2.75, 3.05) is 49.1 Å². The zero-order valence-electron chi connectivity index (χ0n) is 23.0. The Morgan fingerprint density at radius 2 is 1.79 bits per heavy atom. The van der Waals surface area contributed by atoms with E-state index in [9.17, 15) is 10.2 Å². The van der Waals surface area contributed by atoms with E-state index in [4.69, 9.17) is 26.3 Å². The summed E-state index contributed by atoms with van der Waals surface area (Å²) in [5.74, 6) is 1.58. The van der Waals surface area contributed by atoms with Gasteiger partial charge in [-0.1, -0.05) is 11.6 Å². The highest BCUT2D eigenvalue weighted by atomic mass is 35.5. The topological polar surface area (TPSA) is 85.2 Å². The van der Waals surface area contributed by atoms with Gasteiger partial charge in [-0.15, -0.1) is 0 Å². The quantitative estimate of drug-likeness (QED) is 0.535. The normalized spacial score (nSPS) is 26.5. The van der Waals surface area contributed by atoms with Crippen LogP contribution in [0.4, 0.5) is 11.5 Å². The van der Waals surface area contributed by atoms with Gasteiger partial charge in [0.15, 0.2) is 0 Å². The van der Waals surface area contributed by atoms with Gasteiger partial charge in [-0.3, -0.25) is 4.90 Å². The Labute approximate surface area is 235 Å². The number of piperidine rings is 1. The zero-order chi connectivity index (χ0) is 26.8. The molecular formula is C30H40ClN5O3. The van der Waals surface area contributed by atoms with Gasteiger partial charge in [-0.05, 0) is 95.3 Å². The van der Waals surface area contributed by atoms with Crippen LogP contribution in [-0.4, -0.2) is 75.6 Å². The van der Waals surface area contributed by atoms with E-state index in [-0.39, 0.29) is 11.3 Å². The van der Waals surface area contributed by atoms with Crippen molar-refractivity contribution in [2.45, 2.75) is 88.3 Å². The van der Waals surface area contributed by atoms with Crippen LogP contribution < -0.4 is 14.5 Å². The fraction of sp³-hybridized carbons (Fsp3) is 0.667. The highest BCUT2D eigenvalue weighted by Gasteiger charge is 2.45. The second-order valence-corrected chi connectivity index (χ2v) is 13.2. The lowest BCUT2D eigenvalue weighted by atomic mass is 9.94. The molecule has 5 aliphatic rings. The maximum absolute atomic E-state index is 10.9. The Bertz CT molecular complexity index is 1260. The Balaban J connectivity index is 1.22. The smallest absolute Gasteiger partial charge is 0.318 e. The van der Waals surface area contributed by atoms with Crippen LogP contribution >= 0.6 is 11.6 Å². The number of anilines is 2. The molecule has 1 aliphatic carbocycles. The van der Waals surface area contributed by atoms with E-state index in [2.05, 4.69) is 14.7 Å². The molecule has 4 aliphatic heterocycles. The van der Waals surface area contributed by atoms with E-state index in [0.717, 1.165) is 86.6 Å². The SMILES string of the molecule is C[C@@]1(O)CCCN(c2nc(OCC34CCCN3CCC4)nc3c2CCN(c2cc(O)cc(Cl)c2C2CC2)C3)C1. The summed E-state index contributed by atoms with van der Waals surface area (Å²) in [7, 11) is 0. The second-order valence-electron chi connectivity index (χ2n) is 12.8. The van der Waals surface area contributed by atoms with Crippen LogP contribution in [0.15, 0.2) is 12.1 Å². The molecule has 2 aromatic rings. The van der Waals surface area contributed by atoms with Crippen molar-refractivity contribution >= 4 is 23.1 Å². The second kappa shape index (κ2) is 9.67. The molecule has 5 heterocycles. The summed E-state index contributed by atoms with van der Waals surface area (Å²) in [6, 6.07) is 3.97. The van der Waals surface area contributed by atoms with E-state index < -0.39 is 5.60 Å². The molecule has 39 heavy (non-hydrogen) atoms. The number of β-amino-alcohol motifs (C(OH)–C–C–N with tert-alkyl or cyclic N) is 1. The molecule has 0 bridgehead atoms.